The normalized spacial score (nSPS) is 21.9. The molecule has 7 heteroatoms. The van der Waals surface area contributed by atoms with E-state index in [0.29, 0.717) is 29.6 Å². The van der Waals surface area contributed by atoms with Crippen molar-refractivity contribution in [2.45, 2.75) is 50.6 Å². The summed E-state index contributed by atoms with van der Waals surface area (Å²) in [6.45, 7) is -0.0822. The standard InChI is InChI=1S/C19H27N3O4/c1-25-16-8-7-14(22-18(23)9-12-3-2-4-15(12)20)10-17(16)26-11-19(24)21-13-5-6-13/h7-8,10,12-13,15H,2-6,9,11,20H2,1H3,(H,21,24)(H,22,23)/t12-,15+/m0/s1. The summed E-state index contributed by atoms with van der Waals surface area (Å²) in [4.78, 5) is 24.1. The lowest BCUT2D eigenvalue weighted by Crippen LogP contribution is -2.30. The van der Waals surface area contributed by atoms with Gasteiger partial charge >= 0.3 is 0 Å². The van der Waals surface area contributed by atoms with E-state index in [1.54, 1.807) is 18.2 Å². The fraction of sp³-hybridized carbons (Fsp3) is 0.579. The molecule has 0 heterocycles. The van der Waals surface area contributed by atoms with Gasteiger partial charge in [0.25, 0.3) is 5.91 Å². The molecule has 142 valence electrons. The van der Waals surface area contributed by atoms with Crippen molar-refractivity contribution in [3.63, 3.8) is 0 Å². The molecule has 2 atom stereocenters. The van der Waals surface area contributed by atoms with Crippen molar-refractivity contribution in [2.75, 3.05) is 19.0 Å². The summed E-state index contributed by atoms with van der Waals surface area (Å²) in [7, 11) is 1.53. The van der Waals surface area contributed by atoms with E-state index in [-0.39, 0.29) is 30.4 Å². The van der Waals surface area contributed by atoms with Crippen LogP contribution in [0.4, 0.5) is 5.69 Å². The molecule has 0 saturated heterocycles. The van der Waals surface area contributed by atoms with Gasteiger partial charge in [-0.1, -0.05) is 6.42 Å². The molecule has 1 aromatic rings. The van der Waals surface area contributed by atoms with Gasteiger partial charge in [0.15, 0.2) is 18.1 Å². The minimum atomic E-state index is -0.154. The molecule has 1 aromatic carbocycles. The van der Waals surface area contributed by atoms with Crippen molar-refractivity contribution >= 4 is 17.5 Å². The first-order valence-corrected chi connectivity index (χ1v) is 9.21. The number of hydrogen-bond acceptors (Lipinski definition) is 5. The van der Waals surface area contributed by atoms with Crippen LogP contribution in [0.1, 0.15) is 38.5 Å². The zero-order chi connectivity index (χ0) is 18.5. The van der Waals surface area contributed by atoms with Crippen LogP contribution >= 0.6 is 0 Å². The Morgan fingerprint density at radius 1 is 1.15 bits per heavy atom. The van der Waals surface area contributed by atoms with Crippen LogP contribution in [0, 0.1) is 5.92 Å². The van der Waals surface area contributed by atoms with Gasteiger partial charge < -0.3 is 25.8 Å². The molecule has 3 rings (SSSR count). The van der Waals surface area contributed by atoms with Crippen LogP contribution in [-0.2, 0) is 9.59 Å². The Morgan fingerprint density at radius 2 is 1.96 bits per heavy atom. The number of rotatable bonds is 8. The molecule has 2 aliphatic carbocycles. The van der Waals surface area contributed by atoms with E-state index in [9.17, 15) is 9.59 Å². The molecule has 2 amide bonds. The number of anilines is 1. The Kier molecular flexibility index (Phi) is 5.98. The van der Waals surface area contributed by atoms with Crippen LogP contribution in [-0.4, -0.2) is 37.6 Å². The van der Waals surface area contributed by atoms with Gasteiger partial charge in [-0.2, -0.15) is 0 Å². The second-order valence-corrected chi connectivity index (χ2v) is 7.10. The van der Waals surface area contributed by atoms with Crippen molar-refractivity contribution in [3.8, 4) is 11.5 Å². The maximum Gasteiger partial charge on any atom is 0.258 e. The average Bonchev–Trinajstić information content (AvgIpc) is 3.34. The summed E-state index contributed by atoms with van der Waals surface area (Å²) in [5.41, 5.74) is 6.65. The van der Waals surface area contributed by atoms with Crippen molar-refractivity contribution in [3.05, 3.63) is 18.2 Å². The molecule has 0 aliphatic heterocycles. The van der Waals surface area contributed by atoms with Crippen LogP contribution in [0.3, 0.4) is 0 Å². The summed E-state index contributed by atoms with van der Waals surface area (Å²) in [5.74, 6) is 0.970. The topological polar surface area (TPSA) is 103 Å². The quantitative estimate of drug-likeness (QED) is 0.655. The Balaban J connectivity index is 1.56. The van der Waals surface area contributed by atoms with E-state index < -0.39 is 0 Å². The smallest absolute Gasteiger partial charge is 0.258 e. The second kappa shape index (κ2) is 8.40. The lowest BCUT2D eigenvalue weighted by molar-refractivity contribution is -0.123. The molecule has 0 bridgehead atoms. The lowest BCUT2D eigenvalue weighted by Gasteiger charge is -2.16. The number of carbonyl (C=O) groups excluding carboxylic acids is 2. The largest absolute Gasteiger partial charge is 0.493 e. The predicted molar refractivity (Wildman–Crippen MR) is 98.2 cm³/mol. The number of benzene rings is 1. The molecule has 2 aliphatic rings. The maximum absolute atomic E-state index is 12.3. The first-order valence-electron chi connectivity index (χ1n) is 9.21. The van der Waals surface area contributed by atoms with Gasteiger partial charge in [-0.05, 0) is 43.7 Å². The highest BCUT2D eigenvalue weighted by atomic mass is 16.5. The molecule has 2 saturated carbocycles. The number of nitrogens with two attached hydrogens (primary N) is 1. The molecule has 0 radical (unpaired) electrons. The third-order valence-electron chi connectivity index (χ3n) is 4.91. The van der Waals surface area contributed by atoms with Crippen LogP contribution in [0.15, 0.2) is 18.2 Å². The van der Waals surface area contributed by atoms with Gasteiger partial charge in [0.1, 0.15) is 0 Å². The lowest BCUT2D eigenvalue weighted by atomic mass is 10.00. The van der Waals surface area contributed by atoms with Gasteiger partial charge in [-0.15, -0.1) is 0 Å². The zero-order valence-electron chi connectivity index (χ0n) is 15.1. The predicted octanol–water partition coefficient (Wildman–Crippen LogP) is 1.81. The SMILES string of the molecule is COc1ccc(NC(=O)C[C@@H]2CCC[C@H]2N)cc1OCC(=O)NC1CC1. The highest BCUT2D eigenvalue weighted by Gasteiger charge is 2.26. The number of methoxy groups -OCH3 is 1. The summed E-state index contributed by atoms with van der Waals surface area (Å²) in [5, 5.41) is 5.75. The van der Waals surface area contributed by atoms with Crippen molar-refractivity contribution in [2.24, 2.45) is 11.7 Å². The molecule has 4 N–H and O–H groups in total. The van der Waals surface area contributed by atoms with Crippen LogP contribution in [0.5, 0.6) is 11.5 Å². The molecule has 7 nitrogen and oxygen atoms in total. The Hall–Kier alpha value is -2.28. The Labute approximate surface area is 153 Å². The third-order valence-corrected chi connectivity index (χ3v) is 4.91. The van der Waals surface area contributed by atoms with Gasteiger partial charge in [-0.25, -0.2) is 0 Å². The van der Waals surface area contributed by atoms with Crippen molar-refractivity contribution in [1.29, 1.82) is 0 Å². The number of nitrogens with one attached hydrogen (secondary N) is 2. The number of amides is 2. The van der Waals surface area contributed by atoms with E-state index >= 15 is 0 Å². The Bertz CT molecular complexity index is 660. The van der Waals surface area contributed by atoms with Gasteiger partial charge in [-0.3, -0.25) is 9.59 Å². The monoisotopic (exact) mass is 361 g/mol. The van der Waals surface area contributed by atoms with Gasteiger partial charge in [0, 0.05) is 30.3 Å². The summed E-state index contributed by atoms with van der Waals surface area (Å²) in [6, 6.07) is 5.55. The number of ether oxygens (including phenoxy) is 2. The summed E-state index contributed by atoms with van der Waals surface area (Å²) >= 11 is 0. The van der Waals surface area contributed by atoms with Gasteiger partial charge in [0.05, 0.1) is 7.11 Å². The third kappa shape index (κ3) is 5.11. The van der Waals surface area contributed by atoms with Crippen LogP contribution in [0.2, 0.25) is 0 Å². The molecular weight excluding hydrogens is 334 g/mol. The molecule has 26 heavy (non-hydrogen) atoms. The second-order valence-electron chi connectivity index (χ2n) is 7.10. The molecular formula is C19H27N3O4. The number of carbonyl (C=O) groups is 2. The fourth-order valence-corrected chi connectivity index (χ4v) is 3.28. The number of hydrogen-bond donors (Lipinski definition) is 3. The van der Waals surface area contributed by atoms with Crippen LogP contribution < -0.4 is 25.8 Å². The van der Waals surface area contributed by atoms with E-state index in [4.69, 9.17) is 15.2 Å². The molecule has 0 unspecified atom stereocenters. The first-order chi connectivity index (χ1) is 12.5. The van der Waals surface area contributed by atoms with E-state index in [2.05, 4.69) is 10.6 Å². The van der Waals surface area contributed by atoms with Crippen molar-refractivity contribution in [1.82, 2.24) is 5.32 Å². The van der Waals surface area contributed by atoms with Crippen LogP contribution in [0.25, 0.3) is 0 Å². The minimum Gasteiger partial charge on any atom is -0.493 e. The Morgan fingerprint density at radius 3 is 2.62 bits per heavy atom. The highest BCUT2D eigenvalue weighted by molar-refractivity contribution is 5.91. The molecule has 0 aromatic heterocycles. The molecule has 2 fully saturated rings. The molecule has 0 spiro atoms. The first kappa shape index (κ1) is 18.5. The maximum atomic E-state index is 12.3. The fourth-order valence-electron chi connectivity index (χ4n) is 3.28. The van der Waals surface area contributed by atoms with Gasteiger partial charge in [0.2, 0.25) is 5.91 Å². The highest BCUT2D eigenvalue weighted by Crippen LogP contribution is 2.31. The zero-order valence-corrected chi connectivity index (χ0v) is 15.1. The van der Waals surface area contributed by atoms with E-state index in [0.717, 1.165) is 32.1 Å². The van der Waals surface area contributed by atoms with E-state index in [1.165, 1.54) is 7.11 Å². The summed E-state index contributed by atoms with van der Waals surface area (Å²) < 4.78 is 10.8. The van der Waals surface area contributed by atoms with E-state index in [1.807, 2.05) is 0 Å². The average molecular weight is 361 g/mol. The van der Waals surface area contributed by atoms with Crippen molar-refractivity contribution < 1.29 is 19.1 Å². The minimum absolute atomic E-state index is 0.0602. The summed E-state index contributed by atoms with van der Waals surface area (Å²) in [6.07, 6.45) is 5.56.